The molecule has 2 saturated heterocycles. The van der Waals surface area contributed by atoms with Crippen molar-refractivity contribution in [3.05, 3.63) is 12.2 Å². The summed E-state index contributed by atoms with van der Waals surface area (Å²) in [6, 6.07) is 0.763. The maximum atomic E-state index is 4.31. The molecule has 0 radical (unpaired) electrons. The molecule has 1 aromatic rings. The highest BCUT2D eigenvalue weighted by molar-refractivity contribution is 4.91. The molecule has 2 aliphatic heterocycles. The number of aromatic nitrogens is 3. The topological polar surface area (TPSA) is 46.0 Å². The lowest BCUT2D eigenvalue weighted by Crippen LogP contribution is -2.51. The highest BCUT2D eigenvalue weighted by Gasteiger charge is 2.31. The molecule has 5 nitrogen and oxygen atoms in total. The summed E-state index contributed by atoms with van der Waals surface area (Å²) in [5.74, 6) is 1.91. The van der Waals surface area contributed by atoms with Gasteiger partial charge in [0, 0.05) is 26.2 Å². The van der Waals surface area contributed by atoms with Crippen molar-refractivity contribution in [1.82, 2.24) is 25.0 Å². The zero-order valence-corrected chi connectivity index (χ0v) is 10.5. The van der Waals surface area contributed by atoms with Crippen LogP contribution >= 0.6 is 0 Å². The standard InChI is InChI=1S/C12H21N5/c1-16-12(14-9-15-16)8-17-6-4-11-10(7-17)3-2-5-13-11/h9-11,13H,2-8H2,1H3. The first-order chi connectivity index (χ1) is 8.33. The first-order valence-corrected chi connectivity index (χ1v) is 6.61. The Morgan fingerprint density at radius 2 is 2.41 bits per heavy atom. The first-order valence-electron chi connectivity index (χ1n) is 6.61. The molecule has 94 valence electrons. The predicted octanol–water partition coefficient (Wildman–Crippen LogP) is 0.389. The Labute approximate surface area is 102 Å². The van der Waals surface area contributed by atoms with Crippen LogP contribution < -0.4 is 5.32 Å². The molecule has 1 N–H and O–H groups in total. The normalized spacial score (nSPS) is 30.2. The molecule has 5 heteroatoms. The van der Waals surface area contributed by atoms with E-state index >= 15 is 0 Å². The maximum Gasteiger partial charge on any atom is 0.140 e. The van der Waals surface area contributed by atoms with Crippen LogP contribution in [0.25, 0.3) is 0 Å². The number of hydrogen-bond acceptors (Lipinski definition) is 4. The number of nitrogens with one attached hydrogen (secondary N) is 1. The maximum absolute atomic E-state index is 4.31. The van der Waals surface area contributed by atoms with Crippen LogP contribution in [0.3, 0.4) is 0 Å². The summed E-state index contributed by atoms with van der Waals surface area (Å²) in [5.41, 5.74) is 0. The minimum Gasteiger partial charge on any atom is -0.314 e. The Hall–Kier alpha value is -0.940. The number of rotatable bonds is 2. The van der Waals surface area contributed by atoms with Gasteiger partial charge in [-0.3, -0.25) is 9.58 Å². The van der Waals surface area contributed by atoms with Gasteiger partial charge in [0.1, 0.15) is 12.2 Å². The number of aryl methyl sites for hydroxylation is 1. The van der Waals surface area contributed by atoms with E-state index in [1.165, 1.54) is 38.9 Å². The van der Waals surface area contributed by atoms with E-state index in [-0.39, 0.29) is 0 Å². The van der Waals surface area contributed by atoms with E-state index in [0.717, 1.165) is 24.3 Å². The van der Waals surface area contributed by atoms with Crippen molar-refractivity contribution in [2.75, 3.05) is 19.6 Å². The second-order valence-electron chi connectivity index (χ2n) is 5.29. The SMILES string of the molecule is Cn1ncnc1CN1CCC2NCCCC2C1. The zero-order valence-electron chi connectivity index (χ0n) is 10.5. The van der Waals surface area contributed by atoms with Gasteiger partial charge in [0.2, 0.25) is 0 Å². The smallest absolute Gasteiger partial charge is 0.140 e. The van der Waals surface area contributed by atoms with E-state index in [4.69, 9.17) is 0 Å². The molecule has 3 rings (SSSR count). The lowest BCUT2D eigenvalue weighted by atomic mass is 9.85. The second-order valence-corrected chi connectivity index (χ2v) is 5.29. The number of fused-ring (bicyclic) bond motifs is 1. The van der Waals surface area contributed by atoms with Crippen molar-refractivity contribution in [2.24, 2.45) is 13.0 Å². The van der Waals surface area contributed by atoms with Crippen molar-refractivity contribution < 1.29 is 0 Å². The third-order valence-corrected chi connectivity index (χ3v) is 4.15. The van der Waals surface area contributed by atoms with Crippen molar-refractivity contribution in [2.45, 2.75) is 31.8 Å². The van der Waals surface area contributed by atoms with Crippen LogP contribution in [0.15, 0.2) is 6.33 Å². The summed E-state index contributed by atoms with van der Waals surface area (Å²) in [7, 11) is 1.97. The van der Waals surface area contributed by atoms with Gasteiger partial charge < -0.3 is 5.32 Å². The minimum absolute atomic E-state index is 0.763. The molecule has 2 unspecified atom stereocenters. The van der Waals surface area contributed by atoms with E-state index in [1.807, 2.05) is 11.7 Å². The molecule has 0 aromatic carbocycles. The van der Waals surface area contributed by atoms with Crippen LogP contribution in [0.5, 0.6) is 0 Å². The molecule has 0 amide bonds. The lowest BCUT2D eigenvalue weighted by Gasteiger charge is -2.41. The summed E-state index contributed by atoms with van der Waals surface area (Å²) in [6.07, 6.45) is 5.64. The summed E-state index contributed by atoms with van der Waals surface area (Å²) in [5, 5.41) is 7.78. The molecule has 2 atom stereocenters. The van der Waals surface area contributed by atoms with E-state index in [1.54, 1.807) is 6.33 Å². The molecular weight excluding hydrogens is 214 g/mol. The summed E-state index contributed by atoms with van der Waals surface area (Å²) < 4.78 is 1.88. The molecule has 2 fully saturated rings. The monoisotopic (exact) mass is 235 g/mol. The molecule has 2 aliphatic rings. The van der Waals surface area contributed by atoms with Crippen molar-refractivity contribution in [3.8, 4) is 0 Å². The average molecular weight is 235 g/mol. The van der Waals surface area contributed by atoms with Gasteiger partial charge in [-0.1, -0.05) is 0 Å². The molecule has 1 aromatic heterocycles. The fourth-order valence-corrected chi connectivity index (χ4v) is 3.13. The quantitative estimate of drug-likeness (QED) is 0.805. The highest BCUT2D eigenvalue weighted by atomic mass is 15.3. The largest absolute Gasteiger partial charge is 0.314 e. The van der Waals surface area contributed by atoms with Gasteiger partial charge in [-0.2, -0.15) is 5.10 Å². The third kappa shape index (κ3) is 2.35. The average Bonchev–Trinajstić information content (AvgIpc) is 2.75. The fourth-order valence-electron chi connectivity index (χ4n) is 3.13. The lowest BCUT2D eigenvalue weighted by molar-refractivity contribution is 0.106. The first kappa shape index (κ1) is 11.2. The van der Waals surface area contributed by atoms with Crippen LogP contribution in [-0.4, -0.2) is 45.3 Å². The Bertz CT molecular complexity index is 375. The van der Waals surface area contributed by atoms with E-state index in [2.05, 4.69) is 20.3 Å². The Balaban J connectivity index is 1.60. The molecule has 0 aliphatic carbocycles. The Morgan fingerprint density at radius 1 is 1.47 bits per heavy atom. The highest BCUT2D eigenvalue weighted by Crippen LogP contribution is 2.25. The summed E-state index contributed by atoms with van der Waals surface area (Å²) in [4.78, 5) is 6.83. The zero-order chi connectivity index (χ0) is 11.7. The number of hydrogen-bond donors (Lipinski definition) is 1. The van der Waals surface area contributed by atoms with Crippen LogP contribution in [0, 0.1) is 5.92 Å². The van der Waals surface area contributed by atoms with E-state index in [9.17, 15) is 0 Å². The van der Waals surface area contributed by atoms with Gasteiger partial charge in [0.05, 0.1) is 6.54 Å². The van der Waals surface area contributed by atoms with Gasteiger partial charge in [0.15, 0.2) is 0 Å². The van der Waals surface area contributed by atoms with Crippen molar-refractivity contribution >= 4 is 0 Å². The Morgan fingerprint density at radius 3 is 3.24 bits per heavy atom. The molecule has 17 heavy (non-hydrogen) atoms. The minimum atomic E-state index is 0.763. The molecule has 0 spiro atoms. The van der Waals surface area contributed by atoms with Gasteiger partial charge in [-0.15, -0.1) is 0 Å². The van der Waals surface area contributed by atoms with Crippen LogP contribution in [0.2, 0.25) is 0 Å². The van der Waals surface area contributed by atoms with Gasteiger partial charge in [-0.25, -0.2) is 4.98 Å². The van der Waals surface area contributed by atoms with E-state index in [0.29, 0.717) is 0 Å². The van der Waals surface area contributed by atoms with Gasteiger partial charge >= 0.3 is 0 Å². The fraction of sp³-hybridized carbons (Fsp3) is 0.833. The second kappa shape index (κ2) is 4.74. The van der Waals surface area contributed by atoms with Crippen molar-refractivity contribution in [3.63, 3.8) is 0 Å². The van der Waals surface area contributed by atoms with Crippen LogP contribution in [-0.2, 0) is 13.6 Å². The van der Waals surface area contributed by atoms with Crippen LogP contribution in [0.1, 0.15) is 25.1 Å². The van der Waals surface area contributed by atoms with E-state index < -0.39 is 0 Å². The number of likely N-dealkylation sites (tertiary alicyclic amines) is 1. The number of nitrogens with zero attached hydrogens (tertiary/aromatic N) is 4. The summed E-state index contributed by atoms with van der Waals surface area (Å²) >= 11 is 0. The predicted molar refractivity (Wildman–Crippen MR) is 65.4 cm³/mol. The molecular formula is C12H21N5. The third-order valence-electron chi connectivity index (χ3n) is 4.15. The summed E-state index contributed by atoms with van der Waals surface area (Å²) in [6.45, 7) is 4.55. The molecule has 0 bridgehead atoms. The Kier molecular flexibility index (Phi) is 3.11. The van der Waals surface area contributed by atoms with Crippen molar-refractivity contribution in [1.29, 1.82) is 0 Å². The van der Waals surface area contributed by atoms with Gasteiger partial charge in [-0.05, 0) is 31.7 Å². The number of piperidine rings is 2. The van der Waals surface area contributed by atoms with Crippen LogP contribution in [0.4, 0.5) is 0 Å². The molecule has 0 saturated carbocycles. The van der Waals surface area contributed by atoms with Gasteiger partial charge in [0.25, 0.3) is 0 Å². The molecule has 3 heterocycles.